The Labute approximate surface area is 184 Å². The number of pyridine rings is 1. The molecule has 1 amide bonds. The number of hydrogen-bond donors (Lipinski definition) is 4. The highest BCUT2D eigenvalue weighted by atomic mass is 19.1. The van der Waals surface area contributed by atoms with E-state index in [9.17, 15) is 9.18 Å². The first kappa shape index (κ1) is 21.0. The Kier molecular flexibility index (Phi) is 5.63. The van der Waals surface area contributed by atoms with E-state index in [0.717, 1.165) is 43.4 Å². The summed E-state index contributed by atoms with van der Waals surface area (Å²) >= 11 is 0. The van der Waals surface area contributed by atoms with Gasteiger partial charge in [-0.05, 0) is 18.1 Å². The zero-order chi connectivity index (χ0) is 22.2. The number of carbonyl (C=O) groups excluding carboxylic acids is 1. The molecule has 13 heteroatoms. The molecule has 3 saturated heterocycles. The fraction of sp³-hybridized carbons (Fsp3) is 0.579. The molecule has 172 valence electrons. The molecule has 4 unspecified atom stereocenters. The third-order valence-corrected chi connectivity index (χ3v) is 6.23. The van der Waals surface area contributed by atoms with Crippen molar-refractivity contribution in [2.45, 2.75) is 25.4 Å². The number of halogens is 1. The van der Waals surface area contributed by atoms with E-state index in [1.165, 1.54) is 0 Å². The van der Waals surface area contributed by atoms with Crippen molar-refractivity contribution in [1.82, 2.24) is 31.0 Å². The van der Waals surface area contributed by atoms with Crippen LogP contribution in [0.25, 0.3) is 0 Å². The molecule has 0 bridgehead atoms. The van der Waals surface area contributed by atoms with Gasteiger partial charge in [-0.15, -0.1) is 0 Å². The van der Waals surface area contributed by atoms with Crippen LogP contribution in [0.4, 0.5) is 21.6 Å². The fourth-order valence-corrected chi connectivity index (χ4v) is 4.63. The maximum Gasteiger partial charge on any atom is 0.233 e. The first-order valence-corrected chi connectivity index (χ1v) is 10.7. The number of aryl methyl sites for hydroxylation is 1. The Morgan fingerprint density at radius 3 is 2.81 bits per heavy atom. The zero-order valence-electron chi connectivity index (χ0n) is 17.7. The summed E-state index contributed by atoms with van der Waals surface area (Å²) in [5.41, 5.74) is 11.4. The summed E-state index contributed by atoms with van der Waals surface area (Å²) in [6, 6.07) is 1.89. The van der Waals surface area contributed by atoms with Gasteiger partial charge in [-0.25, -0.2) is 19.5 Å². The van der Waals surface area contributed by atoms with Gasteiger partial charge in [-0.1, -0.05) is 5.16 Å². The second-order valence-corrected chi connectivity index (χ2v) is 8.31. The van der Waals surface area contributed by atoms with Gasteiger partial charge in [0.25, 0.3) is 0 Å². The average molecular weight is 446 g/mol. The molecule has 3 aliphatic rings. The summed E-state index contributed by atoms with van der Waals surface area (Å²) < 4.78 is 18.5. The number of aromatic nitrogens is 3. The van der Waals surface area contributed by atoms with Crippen LogP contribution in [0.15, 0.2) is 23.1 Å². The largest absolute Gasteiger partial charge is 0.366 e. The molecular weight excluding hydrogens is 419 g/mol. The minimum Gasteiger partial charge on any atom is -0.366 e. The predicted molar refractivity (Wildman–Crippen MR) is 114 cm³/mol. The Bertz CT molecular complexity index is 965. The summed E-state index contributed by atoms with van der Waals surface area (Å²) in [5.74, 6) is -0.0507. The van der Waals surface area contributed by atoms with E-state index in [1.54, 1.807) is 17.4 Å². The van der Waals surface area contributed by atoms with Gasteiger partial charge in [0.05, 0.1) is 35.8 Å². The quantitative estimate of drug-likeness (QED) is 0.461. The molecule has 5 heterocycles. The van der Waals surface area contributed by atoms with Gasteiger partial charge in [-0.3, -0.25) is 15.1 Å². The number of rotatable bonds is 4. The Balaban J connectivity index is 1.27. The van der Waals surface area contributed by atoms with Gasteiger partial charge >= 0.3 is 0 Å². The molecule has 3 aliphatic heterocycles. The summed E-state index contributed by atoms with van der Waals surface area (Å²) in [6.07, 6.45) is 1.37. The van der Waals surface area contributed by atoms with Crippen molar-refractivity contribution in [3.8, 4) is 0 Å². The van der Waals surface area contributed by atoms with Crippen LogP contribution in [0.3, 0.4) is 0 Å². The second-order valence-electron chi connectivity index (χ2n) is 8.31. The van der Waals surface area contributed by atoms with E-state index in [2.05, 4.69) is 41.2 Å². The molecule has 0 aliphatic carbocycles. The lowest BCUT2D eigenvalue weighted by molar-refractivity contribution is -0.121. The van der Waals surface area contributed by atoms with Crippen molar-refractivity contribution in [1.29, 1.82) is 0 Å². The minimum absolute atomic E-state index is 0.193. The topological polar surface area (TPSA) is 141 Å². The van der Waals surface area contributed by atoms with Crippen LogP contribution >= 0.6 is 0 Å². The zero-order valence-corrected chi connectivity index (χ0v) is 17.7. The third kappa shape index (κ3) is 3.88. The van der Waals surface area contributed by atoms with Gasteiger partial charge < -0.3 is 20.9 Å². The number of piperazine rings is 1. The number of nitrogens with zero attached hydrogens (tertiary/aromatic N) is 6. The molecule has 0 saturated carbocycles. The highest BCUT2D eigenvalue weighted by Crippen LogP contribution is 2.29. The van der Waals surface area contributed by atoms with Crippen LogP contribution in [0, 0.1) is 12.8 Å². The summed E-state index contributed by atoms with van der Waals surface area (Å²) in [7, 11) is 0. The highest BCUT2D eigenvalue weighted by Gasteiger charge is 2.47. The van der Waals surface area contributed by atoms with E-state index < -0.39 is 18.3 Å². The Hall–Kier alpha value is -2.87. The molecule has 0 aromatic carbocycles. The van der Waals surface area contributed by atoms with Crippen LogP contribution < -0.4 is 31.6 Å². The SMILES string of the molecule is Cc1nonc1N1CCN(c2ccncc2NC(=O)C2C(N)NN3CC(F)CNC23)CC1. The van der Waals surface area contributed by atoms with Crippen molar-refractivity contribution in [3.05, 3.63) is 24.2 Å². The van der Waals surface area contributed by atoms with Crippen molar-refractivity contribution in [2.75, 3.05) is 54.4 Å². The molecule has 2 aromatic rings. The lowest BCUT2D eigenvalue weighted by atomic mass is 10.0. The van der Waals surface area contributed by atoms with Gasteiger partial charge in [0.15, 0.2) is 5.82 Å². The van der Waals surface area contributed by atoms with Crippen LogP contribution in [-0.4, -0.2) is 84.0 Å². The van der Waals surface area contributed by atoms with Crippen molar-refractivity contribution in [3.63, 3.8) is 0 Å². The second kappa shape index (κ2) is 8.58. The van der Waals surface area contributed by atoms with Gasteiger partial charge in [-0.2, -0.15) is 0 Å². The fourth-order valence-electron chi connectivity index (χ4n) is 4.63. The minimum atomic E-state index is -1.01. The molecular formula is C19H27FN10O2. The van der Waals surface area contributed by atoms with E-state index in [1.807, 2.05) is 13.0 Å². The Morgan fingerprint density at radius 1 is 1.28 bits per heavy atom. The number of carbonyl (C=O) groups is 1. The van der Waals surface area contributed by atoms with Gasteiger partial charge in [0.1, 0.15) is 11.9 Å². The summed E-state index contributed by atoms with van der Waals surface area (Å²) in [5, 5.41) is 15.6. The van der Waals surface area contributed by atoms with Gasteiger partial charge in [0, 0.05) is 45.5 Å². The molecule has 0 spiro atoms. The maximum absolute atomic E-state index is 13.7. The predicted octanol–water partition coefficient (Wildman–Crippen LogP) is -0.973. The molecule has 5 N–H and O–H groups in total. The van der Waals surface area contributed by atoms with Crippen molar-refractivity contribution < 1.29 is 13.8 Å². The Morgan fingerprint density at radius 2 is 2.06 bits per heavy atom. The van der Waals surface area contributed by atoms with Crippen LogP contribution in [-0.2, 0) is 4.79 Å². The van der Waals surface area contributed by atoms with Crippen molar-refractivity contribution in [2.24, 2.45) is 11.7 Å². The number of nitrogens with two attached hydrogens (primary N) is 1. The smallest absolute Gasteiger partial charge is 0.233 e. The van der Waals surface area contributed by atoms with Crippen LogP contribution in [0.1, 0.15) is 5.69 Å². The summed E-state index contributed by atoms with van der Waals surface area (Å²) in [6.45, 7) is 5.22. The highest BCUT2D eigenvalue weighted by molar-refractivity contribution is 5.96. The van der Waals surface area contributed by atoms with E-state index in [-0.39, 0.29) is 25.2 Å². The third-order valence-electron chi connectivity index (χ3n) is 6.23. The molecule has 32 heavy (non-hydrogen) atoms. The number of hydrazine groups is 1. The van der Waals surface area contributed by atoms with Crippen LogP contribution in [0.2, 0.25) is 0 Å². The molecule has 2 aromatic heterocycles. The number of amides is 1. The average Bonchev–Trinajstić information content (AvgIpc) is 3.36. The number of nitrogens with one attached hydrogen (secondary N) is 3. The number of anilines is 3. The molecule has 5 rings (SSSR count). The normalized spacial score (nSPS) is 28.6. The van der Waals surface area contributed by atoms with E-state index in [4.69, 9.17) is 10.4 Å². The van der Waals surface area contributed by atoms with Crippen molar-refractivity contribution >= 4 is 23.1 Å². The monoisotopic (exact) mass is 446 g/mol. The van der Waals surface area contributed by atoms with E-state index >= 15 is 0 Å². The lowest BCUT2D eigenvalue weighted by Gasteiger charge is -2.37. The first-order valence-electron chi connectivity index (χ1n) is 10.7. The lowest BCUT2D eigenvalue weighted by Crippen LogP contribution is -2.58. The standard InChI is InChI=1S/C19H27FN10O2/c1-11-17(27-32-26-11)29-6-4-28(5-7-29)14-2-3-22-9-13(14)24-19(31)15-16(21)25-30-10-12(20)8-23-18(15)30/h2-3,9,12,15-16,18,23,25H,4-8,10,21H2,1H3,(H,24,31). The molecule has 0 radical (unpaired) electrons. The molecule has 12 nitrogen and oxygen atoms in total. The number of alkyl halides is 1. The molecule has 4 atom stereocenters. The van der Waals surface area contributed by atoms with Gasteiger partial charge in [0.2, 0.25) is 5.91 Å². The molecule has 3 fully saturated rings. The summed E-state index contributed by atoms with van der Waals surface area (Å²) in [4.78, 5) is 21.7. The van der Waals surface area contributed by atoms with E-state index in [0.29, 0.717) is 5.69 Å². The maximum atomic E-state index is 13.7. The number of fused-ring (bicyclic) bond motifs is 1. The number of hydrogen-bond acceptors (Lipinski definition) is 11. The first-order chi connectivity index (χ1) is 15.5. The van der Waals surface area contributed by atoms with Crippen LogP contribution in [0.5, 0.6) is 0 Å².